The van der Waals surface area contributed by atoms with Gasteiger partial charge in [0.05, 0.1) is 16.3 Å². The van der Waals surface area contributed by atoms with E-state index in [0.29, 0.717) is 16.4 Å². The van der Waals surface area contributed by atoms with E-state index in [1.54, 1.807) is 12.4 Å². The zero-order valence-corrected chi connectivity index (χ0v) is 15.9. The van der Waals surface area contributed by atoms with Gasteiger partial charge in [-0.3, -0.25) is 4.79 Å². The van der Waals surface area contributed by atoms with Gasteiger partial charge in [0.15, 0.2) is 5.69 Å². The number of amides is 1. The van der Waals surface area contributed by atoms with E-state index in [1.807, 2.05) is 30.3 Å². The van der Waals surface area contributed by atoms with Crippen LogP contribution in [0.2, 0.25) is 0 Å². The zero-order valence-electron chi connectivity index (χ0n) is 15.1. The minimum atomic E-state index is -0.205. The van der Waals surface area contributed by atoms with Gasteiger partial charge in [-0.15, -0.1) is 11.3 Å². The Labute approximate surface area is 166 Å². The first kappa shape index (κ1) is 17.0. The molecular weight excluding hydrogens is 368 g/mol. The van der Waals surface area contributed by atoms with Crippen molar-refractivity contribution in [1.29, 1.82) is 0 Å². The van der Waals surface area contributed by atoms with E-state index in [9.17, 15) is 4.79 Å². The zero-order chi connectivity index (χ0) is 18.9. The van der Waals surface area contributed by atoms with E-state index >= 15 is 0 Å². The number of para-hydroxylation sites is 1. The van der Waals surface area contributed by atoms with Gasteiger partial charge in [-0.1, -0.05) is 36.4 Å². The number of aryl methyl sites for hydroxylation is 1. The summed E-state index contributed by atoms with van der Waals surface area (Å²) in [6.07, 6.45) is 6.21. The number of nitrogens with one attached hydrogen (secondary N) is 1. The molecule has 2 aromatic heterocycles. The molecule has 6 heteroatoms. The van der Waals surface area contributed by atoms with Crippen LogP contribution in [-0.2, 0) is 6.42 Å². The molecule has 5 rings (SSSR count). The predicted molar refractivity (Wildman–Crippen MR) is 110 cm³/mol. The van der Waals surface area contributed by atoms with Crippen LogP contribution in [0.1, 0.15) is 40.5 Å². The van der Waals surface area contributed by atoms with Crippen LogP contribution >= 0.6 is 11.3 Å². The summed E-state index contributed by atoms with van der Waals surface area (Å²) >= 11 is 1.52. The first-order valence-electron chi connectivity index (χ1n) is 9.35. The van der Waals surface area contributed by atoms with Gasteiger partial charge in [0.25, 0.3) is 5.91 Å². The van der Waals surface area contributed by atoms with Crippen LogP contribution in [0.25, 0.3) is 20.9 Å². The Morgan fingerprint density at radius 1 is 1.04 bits per heavy atom. The fraction of sp³-hybridized carbons (Fsp3) is 0.182. The summed E-state index contributed by atoms with van der Waals surface area (Å²) in [5.41, 5.74) is 4.27. The van der Waals surface area contributed by atoms with Gasteiger partial charge in [0.2, 0.25) is 0 Å². The number of benzene rings is 2. The molecule has 4 aromatic rings. The summed E-state index contributed by atoms with van der Waals surface area (Å²) in [6.45, 7) is 0. The second-order valence-electron chi connectivity index (χ2n) is 6.86. The molecule has 138 valence electrons. The van der Waals surface area contributed by atoms with Crippen molar-refractivity contribution in [3.63, 3.8) is 0 Å². The van der Waals surface area contributed by atoms with E-state index < -0.39 is 0 Å². The maximum absolute atomic E-state index is 13.1. The second kappa shape index (κ2) is 7.13. The normalized spacial score (nSPS) is 15.9. The first-order valence-corrected chi connectivity index (χ1v) is 10.2. The number of hydrogen-bond acceptors (Lipinski definition) is 5. The van der Waals surface area contributed by atoms with Crippen molar-refractivity contribution < 1.29 is 4.79 Å². The number of carbonyl (C=O) groups is 1. The average molecular weight is 386 g/mol. The molecule has 1 aliphatic carbocycles. The molecule has 0 bridgehead atoms. The van der Waals surface area contributed by atoms with E-state index in [0.717, 1.165) is 29.5 Å². The Balaban J connectivity index is 1.48. The number of aromatic nitrogens is 3. The fourth-order valence-electron chi connectivity index (χ4n) is 3.76. The molecule has 0 saturated heterocycles. The molecule has 0 saturated carbocycles. The quantitative estimate of drug-likeness (QED) is 0.560. The lowest BCUT2D eigenvalue weighted by Crippen LogP contribution is -2.32. The van der Waals surface area contributed by atoms with Crippen molar-refractivity contribution in [2.45, 2.75) is 25.3 Å². The predicted octanol–water partition coefficient (Wildman–Crippen LogP) is 4.56. The highest BCUT2D eigenvalue weighted by Gasteiger charge is 2.25. The number of hydrogen-bond donors (Lipinski definition) is 1. The lowest BCUT2D eigenvalue weighted by atomic mass is 9.87. The molecule has 0 aliphatic heterocycles. The third kappa shape index (κ3) is 3.05. The number of thiazole rings is 1. The van der Waals surface area contributed by atoms with Crippen LogP contribution in [0.5, 0.6) is 0 Å². The van der Waals surface area contributed by atoms with Gasteiger partial charge in [0.1, 0.15) is 10.7 Å². The van der Waals surface area contributed by atoms with Gasteiger partial charge in [-0.2, -0.15) is 0 Å². The van der Waals surface area contributed by atoms with Gasteiger partial charge in [0, 0.05) is 12.4 Å². The molecule has 2 aromatic carbocycles. The minimum absolute atomic E-state index is 0.00248. The smallest absolute Gasteiger partial charge is 0.272 e. The number of carbonyl (C=O) groups excluding carboxylic acids is 1. The van der Waals surface area contributed by atoms with Crippen molar-refractivity contribution in [2.75, 3.05) is 0 Å². The average Bonchev–Trinajstić information content (AvgIpc) is 3.18. The van der Waals surface area contributed by atoms with Gasteiger partial charge >= 0.3 is 0 Å². The molecule has 0 fully saturated rings. The number of nitrogens with zero attached hydrogens (tertiary/aromatic N) is 3. The van der Waals surface area contributed by atoms with Crippen molar-refractivity contribution >= 4 is 27.5 Å². The largest absolute Gasteiger partial charge is 0.344 e. The van der Waals surface area contributed by atoms with E-state index in [-0.39, 0.29) is 11.9 Å². The maximum Gasteiger partial charge on any atom is 0.272 e. The van der Waals surface area contributed by atoms with Gasteiger partial charge in [-0.05, 0) is 42.5 Å². The monoisotopic (exact) mass is 386 g/mol. The topological polar surface area (TPSA) is 67.8 Å². The van der Waals surface area contributed by atoms with Crippen molar-refractivity contribution in [2.24, 2.45) is 0 Å². The third-order valence-corrected chi connectivity index (χ3v) is 6.13. The Bertz CT molecular complexity index is 1140. The molecule has 0 spiro atoms. The Kier molecular flexibility index (Phi) is 4.33. The van der Waals surface area contributed by atoms with Crippen LogP contribution < -0.4 is 5.32 Å². The summed E-state index contributed by atoms with van der Waals surface area (Å²) in [7, 11) is 0. The molecule has 5 nitrogen and oxygen atoms in total. The molecule has 28 heavy (non-hydrogen) atoms. The van der Waals surface area contributed by atoms with E-state index in [4.69, 9.17) is 0 Å². The summed E-state index contributed by atoms with van der Waals surface area (Å²) < 4.78 is 1.07. The molecule has 0 radical (unpaired) electrons. The second-order valence-corrected chi connectivity index (χ2v) is 7.89. The maximum atomic E-state index is 13.1. The van der Waals surface area contributed by atoms with Crippen molar-refractivity contribution in [3.05, 3.63) is 77.7 Å². The highest BCUT2D eigenvalue weighted by atomic mass is 32.1. The van der Waals surface area contributed by atoms with E-state index in [2.05, 4.69) is 38.5 Å². The molecule has 1 aliphatic rings. The Morgan fingerprint density at radius 3 is 2.79 bits per heavy atom. The highest BCUT2D eigenvalue weighted by molar-refractivity contribution is 7.21. The molecule has 1 N–H and O–H groups in total. The fourth-order valence-corrected chi connectivity index (χ4v) is 4.73. The van der Waals surface area contributed by atoms with Crippen LogP contribution in [0.15, 0.2) is 60.9 Å². The summed E-state index contributed by atoms with van der Waals surface area (Å²) in [4.78, 5) is 26.5. The molecule has 2 heterocycles. The first-order chi connectivity index (χ1) is 13.8. The summed E-state index contributed by atoms with van der Waals surface area (Å²) in [5, 5.41) is 3.88. The van der Waals surface area contributed by atoms with Crippen LogP contribution in [0, 0.1) is 0 Å². The van der Waals surface area contributed by atoms with Crippen LogP contribution in [0.4, 0.5) is 0 Å². The van der Waals surface area contributed by atoms with E-state index in [1.165, 1.54) is 22.5 Å². The Morgan fingerprint density at radius 2 is 1.86 bits per heavy atom. The lowest BCUT2D eigenvalue weighted by molar-refractivity contribution is 0.0928. The number of rotatable bonds is 3. The standard InChI is InChI=1S/C22H18N4OS/c27-21(25-16-10-5-7-14-6-1-2-8-15(14)16)19-20(24-13-12-23-19)22-26-17-9-3-4-11-18(17)28-22/h1-4,6,8-9,11-13,16H,5,7,10H2,(H,25,27)/t16-/m1/s1. The molecule has 0 unspecified atom stereocenters. The molecule has 1 atom stereocenters. The number of fused-ring (bicyclic) bond motifs is 2. The van der Waals surface area contributed by atoms with Gasteiger partial charge in [-0.25, -0.2) is 15.0 Å². The van der Waals surface area contributed by atoms with Crippen molar-refractivity contribution in [1.82, 2.24) is 20.3 Å². The third-order valence-electron chi connectivity index (χ3n) is 5.08. The summed E-state index contributed by atoms with van der Waals surface area (Å²) in [6, 6.07) is 16.2. The summed E-state index contributed by atoms with van der Waals surface area (Å²) in [5.74, 6) is -0.205. The van der Waals surface area contributed by atoms with Crippen LogP contribution in [0.3, 0.4) is 0 Å². The minimum Gasteiger partial charge on any atom is -0.344 e. The molecule has 1 amide bonds. The van der Waals surface area contributed by atoms with Crippen LogP contribution in [-0.4, -0.2) is 20.9 Å². The molecular formula is C22H18N4OS. The SMILES string of the molecule is O=C(N[C@@H]1CCCc2ccccc21)c1nccnc1-c1nc2ccccc2s1. The highest BCUT2D eigenvalue weighted by Crippen LogP contribution is 2.32. The Hall–Kier alpha value is -3.12. The van der Waals surface area contributed by atoms with Gasteiger partial charge < -0.3 is 5.32 Å². The lowest BCUT2D eigenvalue weighted by Gasteiger charge is -2.26. The van der Waals surface area contributed by atoms with Crippen molar-refractivity contribution in [3.8, 4) is 10.7 Å².